The molecule has 1 heterocycles. The number of carbonyl (C=O) groups excluding carboxylic acids is 1. The maximum absolute atomic E-state index is 13.7. The zero-order valence-corrected chi connectivity index (χ0v) is 16.7. The molecule has 0 aromatic heterocycles. The fraction of sp³-hybridized carbons (Fsp3) is 0.864. The molecule has 7 atom stereocenters. The van der Waals surface area contributed by atoms with Crippen LogP contribution in [0.4, 0.5) is 0 Å². The molecule has 4 fully saturated rings. The molecular formula is C22H34O4. The zero-order chi connectivity index (χ0) is 19.0. The van der Waals surface area contributed by atoms with Crippen LogP contribution in [0.15, 0.2) is 12.7 Å². The summed E-state index contributed by atoms with van der Waals surface area (Å²) >= 11 is 0. The third kappa shape index (κ3) is 2.04. The first kappa shape index (κ1) is 18.6. The normalized spacial score (nSPS) is 53.2. The molecule has 1 N–H and O–H groups in total. The Morgan fingerprint density at radius 3 is 2.42 bits per heavy atom. The van der Waals surface area contributed by atoms with Gasteiger partial charge in [-0.1, -0.05) is 33.8 Å². The average molecular weight is 363 g/mol. The number of aliphatic hydroxyl groups is 1. The Kier molecular flexibility index (Phi) is 4.05. The number of aliphatic hydroxyl groups excluding tert-OH is 1. The Morgan fingerprint density at radius 2 is 1.81 bits per heavy atom. The van der Waals surface area contributed by atoms with Crippen LogP contribution < -0.4 is 0 Å². The lowest BCUT2D eigenvalue weighted by atomic mass is 9.43. The van der Waals surface area contributed by atoms with Crippen LogP contribution in [0.25, 0.3) is 0 Å². The molecule has 0 aromatic carbocycles. The summed E-state index contributed by atoms with van der Waals surface area (Å²) in [4.78, 5) is 13.7. The van der Waals surface area contributed by atoms with Crippen molar-refractivity contribution < 1.29 is 19.4 Å². The van der Waals surface area contributed by atoms with E-state index in [0.29, 0.717) is 19.6 Å². The second-order valence-electron chi connectivity index (χ2n) is 9.94. The van der Waals surface area contributed by atoms with E-state index in [4.69, 9.17) is 9.47 Å². The van der Waals surface area contributed by atoms with Crippen molar-refractivity contribution >= 4 is 5.78 Å². The highest BCUT2D eigenvalue weighted by atomic mass is 16.7. The molecule has 4 nitrogen and oxygen atoms in total. The van der Waals surface area contributed by atoms with Gasteiger partial charge in [-0.05, 0) is 36.5 Å². The first-order valence-corrected chi connectivity index (χ1v) is 10.3. The fourth-order valence-corrected chi connectivity index (χ4v) is 7.18. The van der Waals surface area contributed by atoms with E-state index in [0.717, 1.165) is 25.7 Å². The fourth-order valence-electron chi connectivity index (χ4n) is 7.18. The molecule has 4 heteroatoms. The van der Waals surface area contributed by atoms with E-state index in [1.54, 1.807) is 6.08 Å². The summed E-state index contributed by atoms with van der Waals surface area (Å²) in [6.45, 7) is 13.7. The smallest absolute Gasteiger partial charge is 0.172 e. The molecule has 3 saturated carbocycles. The highest BCUT2D eigenvalue weighted by molar-refractivity contribution is 5.86. The highest BCUT2D eigenvalue weighted by Crippen LogP contribution is 2.71. The summed E-state index contributed by atoms with van der Waals surface area (Å²) in [5.74, 6) is -0.0299. The van der Waals surface area contributed by atoms with E-state index in [2.05, 4.69) is 27.4 Å². The lowest BCUT2D eigenvalue weighted by molar-refractivity contribution is -0.254. The maximum Gasteiger partial charge on any atom is 0.172 e. The van der Waals surface area contributed by atoms with Gasteiger partial charge in [-0.25, -0.2) is 0 Å². The van der Waals surface area contributed by atoms with E-state index >= 15 is 0 Å². The molecule has 4 rings (SSSR count). The standard InChI is InChI=1S/C22H34O4/c1-6-19(4)13-16(23)20(5)14(2)7-8-21(15(3)17(19)24)9-10-22(18(20)21)25-11-12-26-22/h6,14-15,17-18,24H,1,7-13H2,2-5H3/t14-,15?,17?,18?,19+,20+,21?/m1/s1. The molecule has 1 saturated heterocycles. The minimum atomic E-state index is -0.644. The predicted octanol–water partition coefficient (Wildman–Crippen LogP) is 3.72. The number of rotatable bonds is 1. The Bertz CT molecular complexity index is 624. The van der Waals surface area contributed by atoms with Gasteiger partial charge in [0, 0.05) is 29.6 Å². The van der Waals surface area contributed by atoms with Crippen molar-refractivity contribution in [2.24, 2.45) is 34.0 Å². The number of hydrogen-bond donors (Lipinski definition) is 1. The monoisotopic (exact) mass is 362 g/mol. The molecule has 0 radical (unpaired) electrons. The third-order valence-electron chi connectivity index (χ3n) is 9.06. The third-order valence-corrected chi connectivity index (χ3v) is 9.06. The van der Waals surface area contributed by atoms with Crippen molar-refractivity contribution in [1.29, 1.82) is 0 Å². The quantitative estimate of drug-likeness (QED) is 0.722. The molecule has 26 heavy (non-hydrogen) atoms. The van der Waals surface area contributed by atoms with Gasteiger partial charge in [0.05, 0.1) is 19.3 Å². The number of hydrogen-bond acceptors (Lipinski definition) is 4. The number of ether oxygens (including phenoxy) is 2. The van der Waals surface area contributed by atoms with Crippen molar-refractivity contribution in [2.45, 2.75) is 71.7 Å². The van der Waals surface area contributed by atoms with Crippen LogP contribution in [0.5, 0.6) is 0 Å². The van der Waals surface area contributed by atoms with Gasteiger partial charge in [0.1, 0.15) is 5.78 Å². The highest BCUT2D eigenvalue weighted by Gasteiger charge is 2.73. The molecule has 3 aliphatic carbocycles. The molecule has 0 amide bonds. The Hall–Kier alpha value is -0.710. The number of Topliss-reactive ketones (excluding diaryl/α,β-unsaturated/α-hetero) is 1. The average Bonchev–Trinajstić information content (AvgIpc) is 3.23. The second kappa shape index (κ2) is 5.65. The van der Waals surface area contributed by atoms with Crippen LogP contribution >= 0.6 is 0 Å². The van der Waals surface area contributed by atoms with Crippen molar-refractivity contribution in [2.75, 3.05) is 13.2 Å². The molecule has 146 valence electrons. The van der Waals surface area contributed by atoms with E-state index in [-0.39, 0.29) is 29.0 Å². The molecule has 1 spiro atoms. The molecule has 4 unspecified atom stereocenters. The Morgan fingerprint density at radius 1 is 1.15 bits per heavy atom. The maximum atomic E-state index is 13.7. The Labute approximate surface area is 157 Å². The largest absolute Gasteiger partial charge is 0.392 e. The van der Waals surface area contributed by atoms with Crippen molar-refractivity contribution in [3.63, 3.8) is 0 Å². The van der Waals surface area contributed by atoms with E-state index < -0.39 is 22.7 Å². The van der Waals surface area contributed by atoms with Gasteiger partial charge in [-0.3, -0.25) is 4.79 Å². The van der Waals surface area contributed by atoms with Crippen LogP contribution in [0, 0.1) is 34.0 Å². The minimum absolute atomic E-state index is 0.0141. The summed E-state index contributed by atoms with van der Waals surface area (Å²) in [7, 11) is 0. The summed E-state index contributed by atoms with van der Waals surface area (Å²) in [5, 5.41) is 11.3. The minimum Gasteiger partial charge on any atom is -0.392 e. The van der Waals surface area contributed by atoms with Crippen LogP contribution in [-0.2, 0) is 14.3 Å². The summed E-state index contributed by atoms with van der Waals surface area (Å²) < 4.78 is 12.5. The Balaban J connectivity index is 1.93. The van der Waals surface area contributed by atoms with E-state index in [1.165, 1.54) is 0 Å². The van der Waals surface area contributed by atoms with E-state index in [9.17, 15) is 9.90 Å². The number of carbonyl (C=O) groups is 1. The van der Waals surface area contributed by atoms with Gasteiger partial charge in [0.25, 0.3) is 0 Å². The molecule has 1 aliphatic heterocycles. The van der Waals surface area contributed by atoms with Gasteiger partial charge in [-0.2, -0.15) is 0 Å². The summed E-state index contributed by atoms with van der Waals surface area (Å²) in [6, 6.07) is 0. The van der Waals surface area contributed by atoms with Crippen LogP contribution in [0.1, 0.15) is 59.8 Å². The molecule has 2 bridgehead atoms. The van der Waals surface area contributed by atoms with Gasteiger partial charge < -0.3 is 14.6 Å². The summed E-state index contributed by atoms with van der Waals surface area (Å²) in [6.07, 6.45) is 5.40. The topological polar surface area (TPSA) is 55.8 Å². The van der Waals surface area contributed by atoms with Gasteiger partial charge in [0.2, 0.25) is 0 Å². The SMILES string of the molecule is C=C[C@@]1(C)CC(=O)[C@@]2(C)C3C4(CCC3(CC[C@H]2C)C(C)C1O)OCCO4. The molecule has 4 aliphatic rings. The van der Waals surface area contributed by atoms with Crippen LogP contribution in [0.2, 0.25) is 0 Å². The number of ketones is 1. The first-order chi connectivity index (χ1) is 12.2. The van der Waals surface area contributed by atoms with Crippen molar-refractivity contribution in [3.05, 3.63) is 12.7 Å². The van der Waals surface area contributed by atoms with Gasteiger partial charge in [0.15, 0.2) is 5.79 Å². The van der Waals surface area contributed by atoms with Crippen molar-refractivity contribution in [1.82, 2.24) is 0 Å². The molecular weight excluding hydrogens is 328 g/mol. The second-order valence-corrected chi connectivity index (χ2v) is 9.94. The van der Waals surface area contributed by atoms with Crippen LogP contribution in [0.3, 0.4) is 0 Å². The lowest BCUT2D eigenvalue weighted by Crippen LogP contribution is -2.64. The van der Waals surface area contributed by atoms with Gasteiger partial charge in [-0.15, -0.1) is 6.58 Å². The van der Waals surface area contributed by atoms with Crippen molar-refractivity contribution in [3.8, 4) is 0 Å². The van der Waals surface area contributed by atoms with Crippen LogP contribution in [-0.4, -0.2) is 36.0 Å². The van der Waals surface area contributed by atoms with E-state index in [1.807, 2.05) is 6.92 Å². The molecule has 0 aromatic rings. The summed E-state index contributed by atoms with van der Waals surface area (Å²) in [5.41, 5.74) is -1.19. The lowest BCUT2D eigenvalue weighted by Gasteiger charge is -2.61. The predicted molar refractivity (Wildman–Crippen MR) is 99.4 cm³/mol. The zero-order valence-electron chi connectivity index (χ0n) is 16.7. The first-order valence-electron chi connectivity index (χ1n) is 10.3. The van der Waals surface area contributed by atoms with Gasteiger partial charge >= 0.3 is 0 Å².